The molecule has 0 bridgehead atoms. The highest BCUT2D eigenvalue weighted by molar-refractivity contribution is 7.92. The fourth-order valence-corrected chi connectivity index (χ4v) is 4.61. The maximum atomic E-state index is 13.2. The van der Waals surface area contributed by atoms with Crippen LogP contribution in [0.2, 0.25) is 0 Å². The average Bonchev–Trinajstić information content (AvgIpc) is 2.73. The first kappa shape index (κ1) is 25.4. The van der Waals surface area contributed by atoms with Crippen LogP contribution in [0.1, 0.15) is 54.6 Å². The van der Waals surface area contributed by atoms with Crippen LogP contribution in [0.15, 0.2) is 42.5 Å². The molecule has 32 heavy (non-hydrogen) atoms. The maximum absolute atomic E-state index is 13.2. The number of para-hydroxylation sites is 1. The summed E-state index contributed by atoms with van der Waals surface area (Å²) in [5.74, 6) is -0.776. The summed E-state index contributed by atoms with van der Waals surface area (Å²) >= 11 is 0. The molecule has 2 aromatic carbocycles. The Kier molecular flexibility index (Phi) is 8.83. The van der Waals surface area contributed by atoms with Gasteiger partial charge >= 0.3 is 0 Å². The largest absolute Gasteiger partial charge is 0.352 e. The molecule has 0 saturated carbocycles. The molecule has 0 aliphatic carbocycles. The van der Waals surface area contributed by atoms with Gasteiger partial charge in [0.05, 0.1) is 23.2 Å². The second kappa shape index (κ2) is 11.1. The Morgan fingerprint density at radius 3 is 2.31 bits per heavy atom. The van der Waals surface area contributed by atoms with Crippen LogP contribution >= 0.6 is 0 Å². The van der Waals surface area contributed by atoms with Crippen LogP contribution in [0.4, 0.5) is 11.4 Å². The van der Waals surface area contributed by atoms with Crippen LogP contribution in [0, 0.1) is 13.8 Å². The zero-order valence-electron chi connectivity index (χ0n) is 19.4. The quantitative estimate of drug-likeness (QED) is 0.525. The molecule has 0 radical (unpaired) electrons. The van der Waals surface area contributed by atoms with Gasteiger partial charge in [-0.15, -0.1) is 0 Å². The first-order valence-corrected chi connectivity index (χ1v) is 12.7. The molecular formula is C24H33N3O4S. The molecule has 0 aliphatic heterocycles. The zero-order valence-corrected chi connectivity index (χ0v) is 20.3. The van der Waals surface area contributed by atoms with Crippen molar-refractivity contribution >= 4 is 33.2 Å². The monoisotopic (exact) mass is 459 g/mol. The van der Waals surface area contributed by atoms with Crippen molar-refractivity contribution in [2.75, 3.05) is 22.4 Å². The van der Waals surface area contributed by atoms with E-state index in [0.29, 0.717) is 23.5 Å². The first-order valence-electron chi connectivity index (χ1n) is 10.8. The molecule has 0 spiro atoms. The molecule has 0 aromatic heterocycles. The van der Waals surface area contributed by atoms with Crippen molar-refractivity contribution in [1.29, 1.82) is 0 Å². The Balaban J connectivity index is 2.36. The van der Waals surface area contributed by atoms with E-state index < -0.39 is 22.0 Å². The number of amides is 2. The Morgan fingerprint density at radius 2 is 1.72 bits per heavy atom. The number of unbranched alkanes of at least 4 members (excludes halogenated alkanes) is 1. The first-order chi connectivity index (χ1) is 15.1. The number of aryl methyl sites for hydroxylation is 2. The number of anilines is 2. The fraction of sp³-hybridized carbons (Fsp3) is 0.417. The number of nitrogens with zero attached hydrogens (tertiary/aromatic N) is 1. The Hall–Kier alpha value is -2.87. The number of hydrogen-bond acceptors (Lipinski definition) is 4. The summed E-state index contributed by atoms with van der Waals surface area (Å²) in [6, 6.07) is 11.1. The van der Waals surface area contributed by atoms with Crippen molar-refractivity contribution in [1.82, 2.24) is 5.32 Å². The zero-order chi connectivity index (χ0) is 23.9. The summed E-state index contributed by atoms with van der Waals surface area (Å²) in [6.07, 6.45) is 3.16. The predicted octanol–water partition coefficient (Wildman–Crippen LogP) is 4.02. The van der Waals surface area contributed by atoms with E-state index in [2.05, 4.69) is 10.6 Å². The van der Waals surface area contributed by atoms with Gasteiger partial charge < -0.3 is 10.6 Å². The van der Waals surface area contributed by atoms with Gasteiger partial charge in [-0.05, 0) is 62.1 Å². The summed E-state index contributed by atoms with van der Waals surface area (Å²) in [5.41, 5.74) is 3.08. The Bertz CT molecular complexity index is 1070. The van der Waals surface area contributed by atoms with Gasteiger partial charge in [-0.3, -0.25) is 13.9 Å². The molecule has 0 fully saturated rings. The lowest BCUT2D eigenvalue weighted by Crippen LogP contribution is -2.47. The molecule has 2 amide bonds. The highest BCUT2D eigenvalue weighted by Gasteiger charge is 2.32. The van der Waals surface area contributed by atoms with Crippen LogP contribution in [0.3, 0.4) is 0 Å². The smallest absolute Gasteiger partial charge is 0.253 e. The second-order valence-electron chi connectivity index (χ2n) is 7.90. The lowest BCUT2D eigenvalue weighted by Gasteiger charge is -2.30. The average molecular weight is 460 g/mol. The van der Waals surface area contributed by atoms with Crippen LogP contribution in [-0.2, 0) is 14.8 Å². The molecule has 0 aliphatic rings. The van der Waals surface area contributed by atoms with Crippen LogP contribution < -0.4 is 14.9 Å². The van der Waals surface area contributed by atoms with Gasteiger partial charge in [-0.1, -0.05) is 38.5 Å². The highest BCUT2D eigenvalue weighted by atomic mass is 32.2. The number of nitrogens with one attached hydrogen (secondary N) is 2. The van der Waals surface area contributed by atoms with E-state index in [1.807, 2.05) is 26.8 Å². The molecule has 2 aromatic rings. The number of carbonyl (C=O) groups is 2. The standard InChI is InChI=1S/C24H33N3O4S/c1-6-8-15-25-23(28)20-11-9-10-12-21(20)26-24(29)22(7-2)27(32(5,30)31)19-14-13-17(3)18(4)16-19/h9-14,16,22H,6-8,15H2,1-5H3,(H,25,28)(H,26,29)/t22-/m0/s1. The summed E-state index contributed by atoms with van der Waals surface area (Å²) in [4.78, 5) is 25.8. The number of carbonyl (C=O) groups excluding carboxylic acids is 2. The van der Waals surface area contributed by atoms with Crippen LogP contribution in [-0.4, -0.2) is 39.1 Å². The van der Waals surface area contributed by atoms with Crippen molar-refractivity contribution in [2.45, 2.75) is 53.0 Å². The highest BCUT2D eigenvalue weighted by Crippen LogP contribution is 2.26. The number of benzene rings is 2. The number of rotatable bonds is 10. The summed E-state index contributed by atoms with van der Waals surface area (Å²) < 4.78 is 26.5. The van der Waals surface area contributed by atoms with E-state index in [-0.39, 0.29) is 12.3 Å². The van der Waals surface area contributed by atoms with E-state index in [0.717, 1.165) is 34.5 Å². The number of sulfonamides is 1. The molecule has 0 heterocycles. The van der Waals surface area contributed by atoms with Crippen molar-refractivity contribution < 1.29 is 18.0 Å². The van der Waals surface area contributed by atoms with Crippen molar-refractivity contribution in [3.63, 3.8) is 0 Å². The van der Waals surface area contributed by atoms with Gasteiger partial charge in [0.1, 0.15) is 6.04 Å². The van der Waals surface area contributed by atoms with E-state index in [4.69, 9.17) is 0 Å². The van der Waals surface area contributed by atoms with Crippen LogP contribution in [0.5, 0.6) is 0 Å². The normalized spacial score (nSPS) is 12.2. The molecule has 0 unspecified atom stereocenters. The summed E-state index contributed by atoms with van der Waals surface area (Å²) in [7, 11) is -3.74. The van der Waals surface area contributed by atoms with Gasteiger partial charge in [0.15, 0.2) is 0 Å². The minimum Gasteiger partial charge on any atom is -0.352 e. The Labute approximate surface area is 191 Å². The molecule has 8 heteroatoms. The van der Waals surface area contributed by atoms with Gasteiger partial charge in [-0.2, -0.15) is 0 Å². The predicted molar refractivity (Wildman–Crippen MR) is 130 cm³/mol. The number of hydrogen-bond donors (Lipinski definition) is 2. The SMILES string of the molecule is CCCCNC(=O)c1ccccc1NC(=O)[C@H](CC)N(c1ccc(C)c(C)c1)S(C)(=O)=O. The van der Waals surface area contributed by atoms with Crippen molar-refractivity contribution in [2.24, 2.45) is 0 Å². The molecule has 7 nitrogen and oxygen atoms in total. The Morgan fingerprint density at radius 1 is 1.03 bits per heavy atom. The molecule has 0 saturated heterocycles. The summed E-state index contributed by atoms with van der Waals surface area (Å²) in [6.45, 7) is 8.18. The second-order valence-corrected chi connectivity index (χ2v) is 9.76. The molecule has 2 rings (SSSR count). The molecule has 174 valence electrons. The topological polar surface area (TPSA) is 95.6 Å². The summed E-state index contributed by atoms with van der Waals surface area (Å²) in [5, 5.41) is 5.62. The third kappa shape index (κ3) is 6.32. The van der Waals surface area contributed by atoms with Crippen LogP contribution in [0.25, 0.3) is 0 Å². The van der Waals surface area contributed by atoms with E-state index in [1.54, 1.807) is 43.3 Å². The third-order valence-electron chi connectivity index (χ3n) is 5.32. The van der Waals surface area contributed by atoms with Gasteiger partial charge in [0, 0.05) is 6.54 Å². The minimum atomic E-state index is -3.74. The maximum Gasteiger partial charge on any atom is 0.253 e. The van der Waals surface area contributed by atoms with Crippen molar-refractivity contribution in [3.8, 4) is 0 Å². The molecule has 2 N–H and O–H groups in total. The fourth-order valence-electron chi connectivity index (χ4n) is 3.40. The van der Waals surface area contributed by atoms with Crippen molar-refractivity contribution in [3.05, 3.63) is 59.2 Å². The molecule has 1 atom stereocenters. The van der Waals surface area contributed by atoms with Gasteiger partial charge in [0.25, 0.3) is 5.91 Å². The van der Waals surface area contributed by atoms with Gasteiger partial charge in [0.2, 0.25) is 15.9 Å². The lowest BCUT2D eigenvalue weighted by molar-refractivity contribution is -0.117. The third-order valence-corrected chi connectivity index (χ3v) is 6.50. The van der Waals surface area contributed by atoms with E-state index >= 15 is 0 Å². The lowest BCUT2D eigenvalue weighted by atomic mass is 10.1. The van der Waals surface area contributed by atoms with E-state index in [1.165, 1.54) is 0 Å². The molecular weight excluding hydrogens is 426 g/mol. The van der Waals surface area contributed by atoms with E-state index in [9.17, 15) is 18.0 Å². The minimum absolute atomic E-state index is 0.261. The van der Waals surface area contributed by atoms with Gasteiger partial charge in [-0.25, -0.2) is 8.42 Å².